The number of carbonyl (C=O) groups is 1. The van der Waals surface area contributed by atoms with Crippen LogP contribution in [0.5, 0.6) is 5.75 Å². The lowest BCUT2D eigenvalue weighted by Crippen LogP contribution is -2.26. The van der Waals surface area contributed by atoms with Gasteiger partial charge < -0.3 is 14.8 Å². The Balaban J connectivity index is 1.92. The van der Waals surface area contributed by atoms with Crippen LogP contribution in [-0.4, -0.2) is 26.7 Å². The smallest absolute Gasteiger partial charge is 0.219 e. The van der Waals surface area contributed by atoms with Gasteiger partial charge >= 0.3 is 0 Å². The van der Waals surface area contributed by atoms with Gasteiger partial charge in [-0.05, 0) is 65.6 Å². The lowest BCUT2D eigenvalue weighted by Gasteiger charge is -2.32. The summed E-state index contributed by atoms with van der Waals surface area (Å²) in [5.74, 6) is 1.45. The highest BCUT2D eigenvalue weighted by atomic mass is 16.5. The number of methoxy groups -OCH3 is 2. The van der Waals surface area contributed by atoms with E-state index in [9.17, 15) is 4.79 Å². The Morgan fingerprint density at radius 2 is 2.00 bits per heavy atom. The van der Waals surface area contributed by atoms with Crippen LogP contribution >= 0.6 is 0 Å². The second-order valence-electron chi connectivity index (χ2n) is 7.04. The average molecular weight is 355 g/mol. The molecule has 1 aliphatic carbocycles. The Kier molecular flexibility index (Phi) is 6.15. The van der Waals surface area contributed by atoms with Crippen molar-refractivity contribution in [3.63, 3.8) is 0 Å². The van der Waals surface area contributed by atoms with E-state index in [-0.39, 0.29) is 12.0 Å². The summed E-state index contributed by atoms with van der Waals surface area (Å²) in [6.07, 6.45) is 4.69. The van der Waals surface area contributed by atoms with Gasteiger partial charge in [-0.3, -0.25) is 4.79 Å². The highest BCUT2D eigenvalue weighted by molar-refractivity contribution is 5.89. The van der Waals surface area contributed by atoms with Gasteiger partial charge in [-0.15, -0.1) is 0 Å². The molecule has 0 saturated carbocycles. The number of carbonyl (C=O) groups excluding carboxylic acids is 1. The fourth-order valence-corrected chi connectivity index (χ4v) is 4.09. The second-order valence-corrected chi connectivity index (χ2v) is 7.04. The third-order valence-corrected chi connectivity index (χ3v) is 5.41. The highest BCUT2D eigenvalue weighted by Crippen LogP contribution is 2.44. The maximum atomic E-state index is 11.8. The van der Waals surface area contributed by atoms with Gasteiger partial charge in [0.05, 0.1) is 13.2 Å². The van der Waals surface area contributed by atoms with Crippen LogP contribution in [0.1, 0.15) is 62.2 Å². The van der Waals surface area contributed by atoms with E-state index < -0.39 is 0 Å². The molecule has 2 aromatic rings. The van der Waals surface area contributed by atoms with Gasteiger partial charge in [0.1, 0.15) is 5.75 Å². The summed E-state index contributed by atoms with van der Waals surface area (Å²) in [5, 5.41) is 5.53. The molecule has 2 unspecified atom stereocenters. The van der Waals surface area contributed by atoms with Crippen molar-refractivity contribution in [1.29, 1.82) is 0 Å². The third kappa shape index (κ3) is 3.85. The van der Waals surface area contributed by atoms with Gasteiger partial charge in [-0.2, -0.15) is 0 Å². The van der Waals surface area contributed by atoms with Crippen LogP contribution in [0.3, 0.4) is 0 Å². The predicted molar refractivity (Wildman–Crippen MR) is 105 cm³/mol. The van der Waals surface area contributed by atoms with E-state index in [4.69, 9.17) is 9.47 Å². The number of rotatable bonds is 7. The van der Waals surface area contributed by atoms with E-state index in [0.717, 1.165) is 38.0 Å². The van der Waals surface area contributed by atoms with Crippen molar-refractivity contribution < 1.29 is 14.3 Å². The Labute approximate surface area is 155 Å². The lowest BCUT2D eigenvalue weighted by molar-refractivity contribution is -0.121. The zero-order valence-corrected chi connectivity index (χ0v) is 16.0. The van der Waals surface area contributed by atoms with Crippen molar-refractivity contribution in [3.8, 4) is 5.75 Å². The van der Waals surface area contributed by atoms with Crippen molar-refractivity contribution >= 4 is 16.7 Å². The second kappa shape index (κ2) is 8.54. The molecule has 4 nitrogen and oxygen atoms in total. The number of benzene rings is 2. The maximum absolute atomic E-state index is 11.8. The van der Waals surface area contributed by atoms with Gasteiger partial charge in [0, 0.05) is 20.1 Å². The fraction of sp³-hybridized carbons (Fsp3) is 0.500. The molecule has 1 aliphatic rings. The number of amides is 1. The largest absolute Gasteiger partial charge is 0.497 e. The van der Waals surface area contributed by atoms with E-state index >= 15 is 0 Å². The van der Waals surface area contributed by atoms with Gasteiger partial charge in [0.2, 0.25) is 5.91 Å². The van der Waals surface area contributed by atoms with Gasteiger partial charge in [-0.25, -0.2) is 0 Å². The fourth-order valence-electron chi connectivity index (χ4n) is 4.09. The lowest BCUT2D eigenvalue weighted by atomic mass is 9.77. The Morgan fingerprint density at radius 1 is 1.19 bits per heavy atom. The molecule has 0 radical (unpaired) electrons. The molecule has 140 valence electrons. The van der Waals surface area contributed by atoms with E-state index in [1.54, 1.807) is 14.2 Å². The van der Waals surface area contributed by atoms with E-state index in [1.807, 2.05) is 13.0 Å². The molecule has 0 fully saturated rings. The number of hydrogen-bond donors (Lipinski definition) is 1. The number of ether oxygens (including phenoxy) is 2. The molecule has 0 heterocycles. The first-order valence-corrected chi connectivity index (χ1v) is 9.58. The van der Waals surface area contributed by atoms with Gasteiger partial charge in [0.15, 0.2) is 0 Å². The predicted octanol–water partition coefficient (Wildman–Crippen LogP) is 4.72. The molecule has 0 saturated heterocycles. The molecule has 0 bridgehead atoms. The zero-order valence-electron chi connectivity index (χ0n) is 16.0. The maximum Gasteiger partial charge on any atom is 0.219 e. The number of fused-ring (bicyclic) bond motifs is 3. The zero-order chi connectivity index (χ0) is 18.5. The number of nitrogens with one attached hydrogen (secondary N) is 1. The van der Waals surface area contributed by atoms with E-state index in [0.29, 0.717) is 12.3 Å². The summed E-state index contributed by atoms with van der Waals surface area (Å²) >= 11 is 0. The normalized spacial score (nSPS) is 19.2. The van der Waals surface area contributed by atoms with Gasteiger partial charge in [0.25, 0.3) is 0 Å². The minimum atomic E-state index is 0.145. The highest BCUT2D eigenvalue weighted by Gasteiger charge is 2.28. The molecule has 0 aliphatic heterocycles. The summed E-state index contributed by atoms with van der Waals surface area (Å²) in [6.45, 7) is 2.75. The molecule has 0 aromatic heterocycles. The SMILES string of the molecule is CCCC(=O)NCCC1CCC(OC)c2ccc3ccc(OC)cc3c21. The van der Waals surface area contributed by atoms with Crippen molar-refractivity contribution in [1.82, 2.24) is 5.32 Å². The summed E-state index contributed by atoms with van der Waals surface area (Å²) < 4.78 is 11.2. The van der Waals surface area contributed by atoms with Crippen LogP contribution < -0.4 is 10.1 Å². The Morgan fingerprint density at radius 3 is 2.73 bits per heavy atom. The van der Waals surface area contributed by atoms with Crippen LogP contribution in [0, 0.1) is 0 Å². The average Bonchev–Trinajstić information content (AvgIpc) is 2.67. The van der Waals surface area contributed by atoms with Crippen LogP contribution in [-0.2, 0) is 9.53 Å². The monoisotopic (exact) mass is 355 g/mol. The van der Waals surface area contributed by atoms with E-state index in [1.165, 1.54) is 21.9 Å². The molecule has 2 aromatic carbocycles. The molecule has 4 heteroatoms. The van der Waals surface area contributed by atoms with E-state index in [2.05, 4.69) is 29.6 Å². The summed E-state index contributed by atoms with van der Waals surface area (Å²) in [5.41, 5.74) is 2.65. The summed E-state index contributed by atoms with van der Waals surface area (Å²) in [4.78, 5) is 11.8. The van der Waals surface area contributed by atoms with Crippen molar-refractivity contribution in [2.75, 3.05) is 20.8 Å². The first-order valence-electron chi connectivity index (χ1n) is 9.58. The number of hydrogen-bond acceptors (Lipinski definition) is 3. The van der Waals surface area contributed by atoms with Crippen LogP contribution in [0.25, 0.3) is 10.8 Å². The molecule has 1 N–H and O–H groups in total. The Bertz CT molecular complexity index is 771. The summed E-state index contributed by atoms with van der Waals surface area (Å²) in [7, 11) is 3.49. The van der Waals surface area contributed by atoms with Crippen LogP contribution in [0.2, 0.25) is 0 Å². The standard InChI is InChI=1S/C22H29NO3/c1-4-5-21(24)23-13-12-16-8-11-20(26-3)18-10-7-15-6-9-17(25-2)14-19(15)22(16)18/h6-7,9-10,14,16,20H,4-5,8,11-13H2,1-3H3,(H,23,24). The quantitative estimate of drug-likeness (QED) is 0.782. The first kappa shape index (κ1) is 18.7. The molecule has 1 amide bonds. The molecular weight excluding hydrogens is 326 g/mol. The minimum Gasteiger partial charge on any atom is -0.497 e. The topological polar surface area (TPSA) is 47.6 Å². The molecule has 2 atom stereocenters. The molecule has 26 heavy (non-hydrogen) atoms. The molecule has 0 spiro atoms. The Hall–Kier alpha value is -2.07. The third-order valence-electron chi connectivity index (χ3n) is 5.41. The first-order chi connectivity index (χ1) is 12.7. The van der Waals surface area contributed by atoms with Crippen LogP contribution in [0.15, 0.2) is 30.3 Å². The summed E-state index contributed by atoms with van der Waals surface area (Å²) in [6, 6.07) is 10.6. The van der Waals surface area contributed by atoms with Crippen LogP contribution in [0.4, 0.5) is 0 Å². The van der Waals surface area contributed by atoms with Crippen molar-refractivity contribution in [3.05, 3.63) is 41.5 Å². The minimum absolute atomic E-state index is 0.145. The van der Waals surface area contributed by atoms with Gasteiger partial charge in [-0.1, -0.05) is 25.1 Å². The molecular formula is C22H29NO3. The van der Waals surface area contributed by atoms with Crippen molar-refractivity contribution in [2.24, 2.45) is 0 Å². The van der Waals surface area contributed by atoms with Crippen molar-refractivity contribution in [2.45, 2.75) is 51.0 Å². The molecule has 3 rings (SSSR count).